The maximum Gasteiger partial charge on any atom is 0.161 e. The number of hydrogen-bond donors (Lipinski definition) is 1. The lowest BCUT2D eigenvalue weighted by Gasteiger charge is -2.13. The van der Waals surface area contributed by atoms with Crippen LogP contribution in [0.25, 0.3) is 0 Å². The summed E-state index contributed by atoms with van der Waals surface area (Å²) >= 11 is 0. The van der Waals surface area contributed by atoms with Crippen molar-refractivity contribution in [3.63, 3.8) is 0 Å². The van der Waals surface area contributed by atoms with Crippen molar-refractivity contribution >= 4 is 0 Å². The fourth-order valence-electron chi connectivity index (χ4n) is 2.04. The molecule has 0 saturated heterocycles. The van der Waals surface area contributed by atoms with Crippen molar-refractivity contribution in [3.05, 3.63) is 23.8 Å². The van der Waals surface area contributed by atoms with Gasteiger partial charge in [0.25, 0.3) is 0 Å². The van der Waals surface area contributed by atoms with Crippen LogP contribution < -0.4 is 15.2 Å². The summed E-state index contributed by atoms with van der Waals surface area (Å²) in [5, 5.41) is 0. The first-order chi connectivity index (χ1) is 9.17. The van der Waals surface area contributed by atoms with Crippen LogP contribution in [0.1, 0.15) is 45.1 Å². The zero-order chi connectivity index (χ0) is 14.1. The molecule has 0 aromatic heterocycles. The third-order valence-electron chi connectivity index (χ3n) is 3.04. The van der Waals surface area contributed by atoms with Gasteiger partial charge in [0.1, 0.15) is 0 Å². The van der Waals surface area contributed by atoms with Crippen LogP contribution >= 0.6 is 0 Å². The van der Waals surface area contributed by atoms with E-state index in [-0.39, 0.29) is 6.04 Å². The SMILES string of the molecule is CCCCCCOc1ccc(CC(C)N)cc1OC. The normalized spacial score (nSPS) is 12.2. The van der Waals surface area contributed by atoms with Crippen LogP contribution in [0.5, 0.6) is 11.5 Å². The summed E-state index contributed by atoms with van der Waals surface area (Å²) in [6.45, 7) is 4.97. The molecule has 1 atom stereocenters. The quantitative estimate of drug-likeness (QED) is 0.694. The summed E-state index contributed by atoms with van der Waals surface area (Å²) in [5.41, 5.74) is 6.99. The molecule has 2 N–H and O–H groups in total. The van der Waals surface area contributed by atoms with Crippen molar-refractivity contribution in [2.75, 3.05) is 13.7 Å². The minimum atomic E-state index is 0.158. The maximum absolute atomic E-state index is 5.81. The van der Waals surface area contributed by atoms with Crippen LogP contribution in [0.4, 0.5) is 0 Å². The highest BCUT2D eigenvalue weighted by atomic mass is 16.5. The van der Waals surface area contributed by atoms with E-state index >= 15 is 0 Å². The van der Waals surface area contributed by atoms with Gasteiger partial charge in [-0.15, -0.1) is 0 Å². The zero-order valence-corrected chi connectivity index (χ0v) is 12.4. The molecule has 0 aliphatic heterocycles. The molecule has 0 spiro atoms. The van der Waals surface area contributed by atoms with E-state index < -0.39 is 0 Å². The Balaban J connectivity index is 2.53. The molecule has 0 bridgehead atoms. The van der Waals surface area contributed by atoms with Gasteiger partial charge in [0.2, 0.25) is 0 Å². The standard InChI is InChI=1S/C16H27NO2/c1-4-5-6-7-10-19-15-9-8-14(11-13(2)17)12-16(15)18-3/h8-9,12-13H,4-7,10-11,17H2,1-3H3. The number of methoxy groups -OCH3 is 1. The average molecular weight is 265 g/mol. The smallest absolute Gasteiger partial charge is 0.161 e. The van der Waals surface area contributed by atoms with Gasteiger partial charge in [-0.3, -0.25) is 0 Å². The summed E-state index contributed by atoms with van der Waals surface area (Å²) in [7, 11) is 1.68. The van der Waals surface area contributed by atoms with Crippen LogP contribution in [0.15, 0.2) is 18.2 Å². The Morgan fingerprint density at radius 2 is 1.95 bits per heavy atom. The first-order valence-corrected chi connectivity index (χ1v) is 7.22. The van der Waals surface area contributed by atoms with E-state index in [0.717, 1.165) is 30.9 Å². The number of benzene rings is 1. The van der Waals surface area contributed by atoms with Crippen molar-refractivity contribution in [2.45, 2.75) is 52.0 Å². The molecule has 0 heterocycles. The molecule has 3 nitrogen and oxygen atoms in total. The number of unbranched alkanes of at least 4 members (excludes halogenated alkanes) is 3. The predicted molar refractivity (Wildman–Crippen MR) is 80.0 cm³/mol. The first-order valence-electron chi connectivity index (χ1n) is 7.22. The minimum Gasteiger partial charge on any atom is -0.493 e. The summed E-state index contributed by atoms with van der Waals surface area (Å²) in [5.74, 6) is 1.63. The topological polar surface area (TPSA) is 44.5 Å². The second-order valence-corrected chi connectivity index (χ2v) is 5.08. The van der Waals surface area contributed by atoms with Gasteiger partial charge in [0.15, 0.2) is 11.5 Å². The van der Waals surface area contributed by atoms with E-state index in [1.807, 2.05) is 19.1 Å². The molecule has 0 aliphatic carbocycles. The molecule has 3 heteroatoms. The molecule has 0 radical (unpaired) electrons. The van der Waals surface area contributed by atoms with Gasteiger partial charge < -0.3 is 15.2 Å². The highest BCUT2D eigenvalue weighted by molar-refractivity contribution is 5.43. The highest BCUT2D eigenvalue weighted by Gasteiger charge is 2.07. The van der Waals surface area contributed by atoms with E-state index in [1.54, 1.807) is 7.11 Å². The largest absolute Gasteiger partial charge is 0.493 e. The number of rotatable bonds is 9. The zero-order valence-electron chi connectivity index (χ0n) is 12.4. The molecule has 1 aromatic rings. The van der Waals surface area contributed by atoms with Crippen molar-refractivity contribution in [1.82, 2.24) is 0 Å². The monoisotopic (exact) mass is 265 g/mol. The van der Waals surface area contributed by atoms with E-state index in [4.69, 9.17) is 15.2 Å². The molecule has 108 valence electrons. The lowest BCUT2D eigenvalue weighted by atomic mass is 10.1. The molecule has 0 saturated carbocycles. The summed E-state index contributed by atoms with van der Waals surface area (Å²) in [4.78, 5) is 0. The van der Waals surface area contributed by atoms with Crippen LogP contribution in [-0.4, -0.2) is 19.8 Å². The predicted octanol–water partition coefficient (Wildman–Crippen LogP) is 3.54. The number of nitrogens with two attached hydrogens (primary N) is 1. The molecule has 1 unspecified atom stereocenters. The third kappa shape index (κ3) is 5.97. The molecule has 0 fully saturated rings. The van der Waals surface area contributed by atoms with Crippen LogP contribution in [0.3, 0.4) is 0 Å². The lowest BCUT2D eigenvalue weighted by molar-refractivity contribution is 0.285. The summed E-state index contributed by atoms with van der Waals surface area (Å²) in [6.07, 6.45) is 5.69. The highest BCUT2D eigenvalue weighted by Crippen LogP contribution is 2.28. The molecule has 1 aromatic carbocycles. The Morgan fingerprint density at radius 3 is 2.58 bits per heavy atom. The van der Waals surface area contributed by atoms with Crippen LogP contribution in [0, 0.1) is 0 Å². The lowest BCUT2D eigenvalue weighted by Crippen LogP contribution is -2.17. The van der Waals surface area contributed by atoms with E-state index in [9.17, 15) is 0 Å². The Hall–Kier alpha value is -1.22. The summed E-state index contributed by atoms with van der Waals surface area (Å²) in [6, 6.07) is 6.22. The Morgan fingerprint density at radius 1 is 1.16 bits per heavy atom. The van der Waals surface area contributed by atoms with Gasteiger partial charge in [0.05, 0.1) is 13.7 Å². The van der Waals surface area contributed by atoms with Crippen molar-refractivity contribution in [1.29, 1.82) is 0 Å². The molecule has 19 heavy (non-hydrogen) atoms. The number of hydrogen-bond acceptors (Lipinski definition) is 3. The maximum atomic E-state index is 5.81. The third-order valence-corrected chi connectivity index (χ3v) is 3.04. The Labute approximate surface area is 117 Å². The van der Waals surface area contributed by atoms with Gasteiger partial charge in [-0.1, -0.05) is 32.3 Å². The van der Waals surface area contributed by atoms with Crippen molar-refractivity contribution < 1.29 is 9.47 Å². The number of ether oxygens (including phenoxy) is 2. The Kier molecular flexibility index (Phi) is 7.34. The van der Waals surface area contributed by atoms with E-state index in [2.05, 4.69) is 13.0 Å². The van der Waals surface area contributed by atoms with Gasteiger partial charge in [0, 0.05) is 6.04 Å². The minimum absolute atomic E-state index is 0.158. The molecule has 1 rings (SSSR count). The van der Waals surface area contributed by atoms with Gasteiger partial charge in [-0.25, -0.2) is 0 Å². The second kappa shape index (κ2) is 8.81. The fourth-order valence-corrected chi connectivity index (χ4v) is 2.04. The fraction of sp³-hybridized carbons (Fsp3) is 0.625. The van der Waals surface area contributed by atoms with Gasteiger partial charge >= 0.3 is 0 Å². The van der Waals surface area contributed by atoms with Crippen molar-refractivity contribution in [2.24, 2.45) is 5.73 Å². The van der Waals surface area contributed by atoms with Crippen LogP contribution in [0.2, 0.25) is 0 Å². The van der Waals surface area contributed by atoms with Gasteiger partial charge in [-0.05, 0) is 37.5 Å². The summed E-state index contributed by atoms with van der Waals surface area (Å²) < 4.78 is 11.2. The van der Waals surface area contributed by atoms with Gasteiger partial charge in [-0.2, -0.15) is 0 Å². The molecule has 0 aliphatic rings. The van der Waals surface area contributed by atoms with Crippen LogP contribution in [-0.2, 0) is 6.42 Å². The van der Waals surface area contributed by atoms with Crippen molar-refractivity contribution in [3.8, 4) is 11.5 Å². The van der Waals surface area contributed by atoms with E-state index in [0.29, 0.717) is 0 Å². The molecule has 0 amide bonds. The first kappa shape index (κ1) is 15.8. The molecular weight excluding hydrogens is 238 g/mol. The molecular formula is C16H27NO2. The average Bonchev–Trinajstić information content (AvgIpc) is 2.39. The van der Waals surface area contributed by atoms with E-state index in [1.165, 1.54) is 24.8 Å². The second-order valence-electron chi connectivity index (χ2n) is 5.08. The Bertz CT molecular complexity index is 364.